The molecule has 0 bridgehead atoms. The molecule has 3 aromatic rings. The van der Waals surface area contributed by atoms with Crippen LogP contribution in [0.1, 0.15) is 16.7 Å². The van der Waals surface area contributed by atoms with Crippen molar-refractivity contribution in [2.75, 3.05) is 5.32 Å². The van der Waals surface area contributed by atoms with Crippen LogP contribution in [0, 0.1) is 6.92 Å². The zero-order chi connectivity index (χ0) is 17.6. The molecular formula is C21H19Cl2NO. The van der Waals surface area contributed by atoms with Crippen LogP contribution < -0.4 is 10.1 Å². The highest BCUT2D eigenvalue weighted by molar-refractivity contribution is 6.31. The van der Waals surface area contributed by atoms with Gasteiger partial charge >= 0.3 is 0 Å². The summed E-state index contributed by atoms with van der Waals surface area (Å²) in [6, 6.07) is 21.6. The molecule has 0 fully saturated rings. The maximum atomic E-state index is 6.20. The number of nitrogens with one attached hydrogen (secondary N) is 1. The SMILES string of the molecule is Cc1c(Cl)cccc1NCc1ccccc1OCc1ccccc1Cl. The van der Waals surface area contributed by atoms with Gasteiger partial charge in [0.25, 0.3) is 0 Å². The molecule has 0 amide bonds. The first kappa shape index (κ1) is 17.7. The third-order valence-corrected chi connectivity index (χ3v) is 4.83. The first-order chi connectivity index (χ1) is 12.1. The molecule has 3 aromatic carbocycles. The van der Waals surface area contributed by atoms with Crippen molar-refractivity contribution < 1.29 is 4.74 Å². The minimum absolute atomic E-state index is 0.437. The summed E-state index contributed by atoms with van der Waals surface area (Å²) < 4.78 is 6.00. The van der Waals surface area contributed by atoms with Crippen LogP contribution >= 0.6 is 23.2 Å². The maximum Gasteiger partial charge on any atom is 0.124 e. The summed E-state index contributed by atoms with van der Waals surface area (Å²) in [5.74, 6) is 0.842. The van der Waals surface area contributed by atoms with Crippen LogP contribution in [0.4, 0.5) is 5.69 Å². The van der Waals surface area contributed by atoms with Crippen LogP contribution in [0.3, 0.4) is 0 Å². The topological polar surface area (TPSA) is 21.3 Å². The molecule has 0 aliphatic rings. The van der Waals surface area contributed by atoms with E-state index in [-0.39, 0.29) is 0 Å². The molecule has 4 heteroatoms. The molecular weight excluding hydrogens is 353 g/mol. The van der Waals surface area contributed by atoms with E-state index in [1.54, 1.807) is 0 Å². The molecule has 0 radical (unpaired) electrons. The summed E-state index contributed by atoms with van der Waals surface area (Å²) >= 11 is 12.4. The Bertz CT molecular complexity index is 864. The lowest BCUT2D eigenvalue weighted by atomic mass is 10.1. The molecule has 3 rings (SSSR count). The number of ether oxygens (including phenoxy) is 1. The lowest BCUT2D eigenvalue weighted by molar-refractivity contribution is 0.303. The van der Waals surface area contributed by atoms with Crippen LogP contribution in [0.25, 0.3) is 0 Å². The number of rotatable bonds is 6. The maximum absolute atomic E-state index is 6.20. The number of para-hydroxylation sites is 1. The van der Waals surface area contributed by atoms with Crippen molar-refractivity contribution in [2.45, 2.75) is 20.1 Å². The fraction of sp³-hybridized carbons (Fsp3) is 0.143. The molecule has 0 saturated carbocycles. The summed E-state index contributed by atoms with van der Waals surface area (Å²) in [5, 5.41) is 4.90. The normalized spacial score (nSPS) is 10.5. The quantitative estimate of drug-likeness (QED) is 0.534. The molecule has 0 aromatic heterocycles. The van der Waals surface area contributed by atoms with Crippen molar-refractivity contribution >= 4 is 28.9 Å². The van der Waals surface area contributed by atoms with E-state index >= 15 is 0 Å². The molecule has 0 aliphatic carbocycles. The molecule has 128 valence electrons. The van der Waals surface area contributed by atoms with Gasteiger partial charge in [-0.25, -0.2) is 0 Å². The Morgan fingerprint density at radius 1 is 0.800 bits per heavy atom. The number of anilines is 1. The van der Waals surface area contributed by atoms with Crippen LogP contribution in [0.2, 0.25) is 10.0 Å². The van der Waals surface area contributed by atoms with E-state index in [4.69, 9.17) is 27.9 Å². The smallest absolute Gasteiger partial charge is 0.124 e. The average molecular weight is 372 g/mol. The Morgan fingerprint density at radius 3 is 2.28 bits per heavy atom. The van der Waals surface area contributed by atoms with Crippen LogP contribution in [0.5, 0.6) is 5.75 Å². The van der Waals surface area contributed by atoms with E-state index in [0.29, 0.717) is 18.2 Å². The molecule has 0 saturated heterocycles. The predicted octanol–water partition coefficient (Wildman–Crippen LogP) is 6.49. The first-order valence-electron chi connectivity index (χ1n) is 8.08. The first-order valence-corrected chi connectivity index (χ1v) is 8.84. The van der Waals surface area contributed by atoms with E-state index in [2.05, 4.69) is 11.4 Å². The lowest BCUT2D eigenvalue weighted by Crippen LogP contribution is -2.05. The fourth-order valence-corrected chi connectivity index (χ4v) is 2.92. The minimum Gasteiger partial charge on any atom is -0.488 e. The minimum atomic E-state index is 0.437. The van der Waals surface area contributed by atoms with Gasteiger partial charge in [-0.2, -0.15) is 0 Å². The van der Waals surface area contributed by atoms with E-state index in [9.17, 15) is 0 Å². The Hall–Kier alpha value is -2.16. The Labute approximate surface area is 158 Å². The van der Waals surface area contributed by atoms with Crippen LogP contribution in [0.15, 0.2) is 66.7 Å². The summed E-state index contributed by atoms with van der Waals surface area (Å²) in [5.41, 5.74) is 4.11. The molecule has 2 nitrogen and oxygen atoms in total. The molecule has 0 heterocycles. The van der Waals surface area contributed by atoms with Crippen molar-refractivity contribution in [3.05, 3.63) is 93.5 Å². The van der Waals surface area contributed by atoms with E-state index in [0.717, 1.165) is 33.1 Å². The second-order valence-electron chi connectivity index (χ2n) is 5.75. The molecule has 1 N–H and O–H groups in total. The van der Waals surface area contributed by atoms with Gasteiger partial charge in [0.15, 0.2) is 0 Å². The summed E-state index contributed by atoms with van der Waals surface area (Å²) in [6.07, 6.45) is 0. The number of hydrogen-bond donors (Lipinski definition) is 1. The van der Waals surface area contributed by atoms with Crippen molar-refractivity contribution in [1.82, 2.24) is 0 Å². The van der Waals surface area contributed by atoms with Gasteiger partial charge in [0.05, 0.1) is 0 Å². The third kappa shape index (κ3) is 4.47. The number of hydrogen-bond acceptors (Lipinski definition) is 2. The van der Waals surface area contributed by atoms with Gasteiger partial charge in [-0.15, -0.1) is 0 Å². The van der Waals surface area contributed by atoms with Gasteiger partial charge < -0.3 is 10.1 Å². The Balaban J connectivity index is 1.70. The molecule has 0 spiro atoms. The fourth-order valence-electron chi connectivity index (χ4n) is 2.55. The van der Waals surface area contributed by atoms with Gasteiger partial charge in [0.1, 0.15) is 12.4 Å². The van der Waals surface area contributed by atoms with Crippen LogP contribution in [-0.4, -0.2) is 0 Å². The Morgan fingerprint density at radius 2 is 1.48 bits per heavy atom. The molecule has 25 heavy (non-hydrogen) atoms. The van der Waals surface area contributed by atoms with Crippen molar-refractivity contribution in [2.24, 2.45) is 0 Å². The monoisotopic (exact) mass is 371 g/mol. The second-order valence-corrected chi connectivity index (χ2v) is 6.57. The van der Waals surface area contributed by atoms with Gasteiger partial charge in [-0.05, 0) is 36.8 Å². The zero-order valence-electron chi connectivity index (χ0n) is 13.9. The predicted molar refractivity (Wildman–Crippen MR) is 106 cm³/mol. The largest absolute Gasteiger partial charge is 0.488 e. The van der Waals surface area contributed by atoms with Crippen LogP contribution in [-0.2, 0) is 13.2 Å². The standard InChI is InChI=1S/C21H19Cl2NO/c1-15-18(22)10-6-11-20(15)24-13-16-7-3-5-12-21(16)25-14-17-8-2-4-9-19(17)23/h2-12,24H,13-14H2,1H3. The molecule has 0 atom stereocenters. The Kier molecular flexibility index (Phi) is 5.85. The highest BCUT2D eigenvalue weighted by Gasteiger charge is 2.07. The third-order valence-electron chi connectivity index (χ3n) is 4.05. The van der Waals surface area contributed by atoms with Crippen molar-refractivity contribution in [3.8, 4) is 5.75 Å². The van der Waals surface area contributed by atoms with Gasteiger partial charge in [-0.3, -0.25) is 0 Å². The highest BCUT2D eigenvalue weighted by atomic mass is 35.5. The summed E-state index contributed by atoms with van der Waals surface area (Å²) in [4.78, 5) is 0. The molecule has 0 unspecified atom stereocenters. The van der Waals surface area contributed by atoms with E-state index < -0.39 is 0 Å². The second kappa shape index (κ2) is 8.28. The number of halogens is 2. The number of benzene rings is 3. The van der Waals surface area contributed by atoms with Gasteiger partial charge in [0, 0.05) is 33.4 Å². The highest BCUT2D eigenvalue weighted by Crippen LogP contribution is 2.26. The average Bonchev–Trinajstić information content (AvgIpc) is 2.63. The lowest BCUT2D eigenvalue weighted by Gasteiger charge is -2.15. The summed E-state index contributed by atoms with van der Waals surface area (Å²) in [6.45, 7) is 3.09. The van der Waals surface area contributed by atoms with Gasteiger partial charge in [0.2, 0.25) is 0 Å². The zero-order valence-corrected chi connectivity index (χ0v) is 15.4. The van der Waals surface area contributed by atoms with Crippen molar-refractivity contribution in [3.63, 3.8) is 0 Å². The van der Waals surface area contributed by atoms with E-state index in [1.165, 1.54) is 0 Å². The van der Waals surface area contributed by atoms with E-state index in [1.807, 2.05) is 67.6 Å². The summed E-state index contributed by atoms with van der Waals surface area (Å²) in [7, 11) is 0. The van der Waals surface area contributed by atoms with Crippen molar-refractivity contribution in [1.29, 1.82) is 0 Å². The molecule has 0 aliphatic heterocycles. The van der Waals surface area contributed by atoms with Gasteiger partial charge in [-0.1, -0.05) is 65.7 Å².